The molecule has 4 aromatic rings. The van der Waals surface area contributed by atoms with Gasteiger partial charge in [0.25, 0.3) is 0 Å². The van der Waals surface area contributed by atoms with Crippen molar-refractivity contribution in [3.63, 3.8) is 0 Å². The summed E-state index contributed by atoms with van der Waals surface area (Å²) in [5, 5.41) is 17.4. The van der Waals surface area contributed by atoms with Gasteiger partial charge in [-0.3, -0.25) is 4.68 Å². The third kappa shape index (κ3) is 3.20. The van der Waals surface area contributed by atoms with E-state index < -0.39 is 0 Å². The van der Waals surface area contributed by atoms with Crippen molar-refractivity contribution in [2.24, 2.45) is 7.05 Å². The number of halogens is 1. The molecule has 0 aliphatic heterocycles. The first-order valence-electron chi connectivity index (χ1n) is 10.0. The van der Waals surface area contributed by atoms with E-state index in [0.717, 1.165) is 31.2 Å². The van der Waals surface area contributed by atoms with Gasteiger partial charge in [-0.1, -0.05) is 31.9 Å². The Balaban J connectivity index is 1.61. The summed E-state index contributed by atoms with van der Waals surface area (Å²) in [7, 11) is 1.81. The highest BCUT2D eigenvalue weighted by Crippen LogP contribution is 2.44. The number of aryl methyl sites for hydroxylation is 1. The smallest absolute Gasteiger partial charge is 0.236 e. The normalized spacial score (nSPS) is 15.7. The fraction of sp³-hybridized carbons (Fsp3) is 0.381. The number of hydrogen-bond donors (Lipinski definition) is 0. The van der Waals surface area contributed by atoms with Crippen molar-refractivity contribution in [1.29, 1.82) is 0 Å². The van der Waals surface area contributed by atoms with Gasteiger partial charge in [0.2, 0.25) is 5.88 Å². The molecule has 0 bridgehead atoms. The van der Waals surface area contributed by atoms with E-state index in [2.05, 4.69) is 27.2 Å². The van der Waals surface area contributed by atoms with Crippen LogP contribution in [0.25, 0.3) is 17.0 Å². The van der Waals surface area contributed by atoms with Crippen LogP contribution in [0.3, 0.4) is 0 Å². The largest absolute Gasteiger partial charge is 0.468 e. The fourth-order valence-electron chi connectivity index (χ4n) is 4.17. The lowest BCUT2D eigenvalue weighted by atomic mass is 9.81. The van der Waals surface area contributed by atoms with E-state index in [1.807, 2.05) is 13.1 Å². The summed E-state index contributed by atoms with van der Waals surface area (Å²) in [6.45, 7) is 2.42. The SMILES string of the molecule is Cn1cnc(COc2nn3c(-c4ccccc4F)nnc3cc2C2(C)CCCC2)n1. The quantitative estimate of drug-likeness (QED) is 0.504. The average Bonchev–Trinajstić information content (AvgIpc) is 3.46. The minimum atomic E-state index is -0.374. The van der Waals surface area contributed by atoms with E-state index >= 15 is 0 Å². The first-order valence-corrected chi connectivity index (χ1v) is 10.0. The van der Waals surface area contributed by atoms with Gasteiger partial charge in [0.1, 0.15) is 12.1 Å². The van der Waals surface area contributed by atoms with E-state index in [4.69, 9.17) is 9.84 Å². The molecule has 3 heterocycles. The van der Waals surface area contributed by atoms with Gasteiger partial charge in [-0.25, -0.2) is 9.37 Å². The summed E-state index contributed by atoms with van der Waals surface area (Å²) >= 11 is 0. The summed E-state index contributed by atoms with van der Waals surface area (Å²) in [4.78, 5) is 4.22. The molecule has 1 aliphatic rings. The Morgan fingerprint density at radius 1 is 1.13 bits per heavy atom. The fourth-order valence-corrected chi connectivity index (χ4v) is 4.17. The highest BCUT2D eigenvalue weighted by molar-refractivity contribution is 5.60. The molecule has 154 valence electrons. The van der Waals surface area contributed by atoms with E-state index in [-0.39, 0.29) is 17.8 Å². The molecule has 1 aliphatic carbocycles. The molecule has 1 fully saturated rings. The monoisotopic (exact) mass is 407 g/mol. The third-order valence-electron chi connectivity index (χ3n) is 5.82. The molecule has 1 aromatic carbocycles. The predicted octanol–water partition coefficient (Wildman–Crippen LogP) is 3.47. The lowest BCUT2D eigenvalue weighted by Crippen LogP contribution is -2.20. The zero-order chi connectivity index (χ0) is 20.7. The van der Waals surface area contributed by atoms with Gasteiger partial charge in [-0.2, -0.15) is 9.61 Å². The van der Waals surface area contributed by atoms with Crippen LogP contribution in [-0.4, -0.2) is 34.6 Å². The Morgan fingerprint density at radius 3 is 2.67 bits per heavy atom. The number of benzene rings is 1. The molecular formula is C21H22FN7O. The molecule has 0 atom stereocenters. The Kier molecular flexibility index (Phi) is 4.45. The van der Waals surface area contributed by atoms with Crippen LogP contribution in [0.1, 0.15) is 44.0 Å². The summed E-state index contributed by atoms with van der Waals surface area (Å²) in [6, 6.07) is 8.43. The van der Waals surface area contributed by atoms with Gasteiger partial charge >= 0.3 is 0 Å². The van der Waals surface area contributed by atoms with Gasteiger partial charge < -0.3 is 4.74 Å². The third-order valence-corrected chi connectivity index (χ3v) is 5.82. The molecule has 0 N–H and O–H groups in total. The van der Waals surface area contributed by atoms with Gasteiger partial charge in [-0.15, -0.1) is 15.3 Å². The number of nitrogens with zero attached hydrogens (tertiary/aromatic N) is 7. The molecule has 1 saturated carbocycles. The first kappa shape index (κ1) is 18.7. The van der Waals surface area contributed by atoms with Crippen molar-refractivity contribution in [3.8, 4) is 17.3 Å². The zero-order valence-corrected chi connectivity index (χ0v) is 16.9. The van der Waals surface area contributed by atoms with Crippen molar-refractivity contribution < 1.29 is 9.13 Å². The van der Waals surface area contributed by atoms with E-state index in [1.165, 1.54) is 6.07 Å². The summed E-state index contributed by atoms with van der Waals surface area (Å²) < 4.78 is 23.6. The number of aromatic nitrogens is 7. The molecule has 0 unspecified atom stereocenters. The molecule has 0 saturated heterocycles. The van der Waals surface area contributed by atoms with Crippen LogP contribution in [-0.2, 0) is 19.1 Å². The highest BCUT2D eigenvalue weighted by atomic mass is 19.1. The molecule has 0 spiro atoms. The number of rotatable bonds is 5. The topological polar surface area (TPSA) is 83.0 Å². The second kappa shape index (κ2) is 7.16. The van der Waals surface area contributed by atoms with Crippen LogP contribution in [0.4, 0.5) is 4.39 Å². The molecule has 0 amide bonds. The summed E-state index contributed by atoms with van der Waals surface area (Å²) in [5.41, 5.74) is 1.86. The maximum Gasteiger partial charge on any atom is 0.236 e. The molecule has 5 rings (SSSR count). The molecule has 9 heteroatoms. The number of hydrogen-bond acceptors (Lipinski definition) is 6. The van der Waals surface area contributed by atoms with Crippen LogP contribution < -0.4 is 4.74 Å². The standard InChI is InChI=1S/C21H22FN7O/c1-21(9-5-6-10-21)15-11-18-24-25-19(14-7-3-4-8-16(14)22)29(18)27-20(15)30-12-17-23-13-28(2)26-17/h3-4,7-8,11,13H,5-6,9-10,12H2,1-2H3. The van der Waals surface area contributed by atoms with Gasteiger partial charge in [0.15, 0.2) is 23.9 Å². The van der Waals surface area contributed by atoms with Crippen LogP contribution in [0.15, 0.2) is 36.7 Å². The minimum absolute atomic E-state index is 0.0499. The molecule has 0 radical (unpaired) electrons. The van der Waals surface area contributed by atoms with E-state index in [1.54, 1.807) is 33.7 Å². The van der Waals surface area contributed by atoms with Gasteiger partial charge in [0.05, 0.1) is 5.56 Å². The van der Waals surface area contributed by atoms with Crippen molar-refractivity contribution in [2.45, 2.75) is 44.6 Å². The van der Waals surface area contributed by atoms with E-state index in [9.17, 15) is 4.39 Å². The first-order chi connectivity index (χ1) is 14.5. The number of fused-ring (bicyclic) bond motifs is 1. The maximum atomic E-state index is 14.4. The van der Waals surface area contributed by atoms with Crippen molar-refractivity contribution in [1.82, 2.24) is 34.6 Å². The van der Waals surface area contributed by atoms with Crippen LogP contribution in [0, 0.1) is 5.82 Å². The Labute approximate surface area is 172 Å². The zero-order valence-electron chi connectivity index (χ0n) is 16.9. The average molecular weight is 407 g/mol. The van der Waals surface area contributed by atoms with E-state index in [0.29, 0.717) is 28.7 Å². The van der Waals surface area contributed by atoms with Gasteiger partial charge in [0, 0.05) is 12.6 Å². The minimum Gasteiger partial charge on any atom is -0.468 e. The lowest BCUT2D eigenvalue weighted by molar-refractivity contribution is 0.268. The number of ether oxygens (including phenoxy) is 1. The molecular weight excluding hydrogens is 385 g/mol. The van der Waals surface area contributed by atoms with Crippen LogP contribution in [0.5, 0.6) is 5.88 Å². The Hall–Kier alpha value is -3.36. The summed E-state index contributed by atoms with van der Waals surface area (Å²) in [5.74, 6) is 1.02. The van der Waals surface area contributed by atoms with Crippen molar-refractivity contribution in [3.05, 3.63) is 53.9 Å². The summed E-state index contributed by atoms with van der Waals surface area (Å²) in [6.07, 6.45) is 6.06. The molecule has 8 nitrogen and oxygen atoms in total. The molecule has 30 heavy (non-hydrogen) atoms. The molecule has 3 aromatic heterocycles. The van der Waals surface area contributed by atoms with Crippen LogP contribution >= 0.6 is 0 Å². The Morgan fingerprint density at radius 2 is 1.93 bits per heavy atom. The Bertz CT molecular complexity index is 1210. The maximum absolute atomic E-state index is 14.4. The predicted molar refractivity (Wildman–Crippen MR) is 107 cm³/mol. The van der Waals surface area contributed by atoms with Gasteiger partial charge in [-0.05, 0) is 36.5 Å². The van der Waals surface area contributed by atoms with Crippen molar-refractivity contribution in [2.75, 3.05) is 0 Å². The van der Waals surface area contributed by atoms with Crippen molar-refractivity contribution >= 4 is 5.65 Å². The second-order valence-corrected chi connectivity index (χ2v) is 8.03. The highest BCUT2D eigenvalue weighted by Gasteiger charge is 2.35. The lowest BCUT2D eigenvalue weighted by Gasteiger charge is -2.25. The van der Waals surface area contributed by atoms with Crippen LogP contribution in [0.2, 0.25) is 0 Å². The second-order valence-electron chi connectivity index (χ2n) is 8.03.